The first-order valence-corrected chi connectivity index (χ1v) is 10.8. The monoisotopic (exact) mass is 369 g/mol. The van der Waals surface area contributed by atoms with E-state index in [1.54, 1.807) is 15.8 Å². The number of rotatable bonds is 4. The van der Waals surface area contributed by atoms with Gasteiger partial charge in [0.05, 0.1) is 6.26 Å². The Hall–Kier alpha value is -1.45. The van der Waals surface area contributed by atoms with Crippen LogP contribution in [0, 0.1) is 0 Å². The maximum absolute atomic E-state index is 12.7. The molecular formula is C16H27N5O3S. The van der Waals surface area contributed by atoms with Crippen LogP contribution in [0.3, 0.4) is 0 Å². The van der Waals surface area contributed by atoms with Crippen LogP contribution in [0.4, 0.5) is 0 Å². The lowest BCUT2D eigenvalue weighted by atomic mass is 9.96. The highest BCUT2D eigenvalue weighted by Gasteiger charge is 2.25. The molecule has 1 N–H and O–H groups in total. The number of amides is 1. The molecule has 1 unspecified atom stereocenters. The maximum atomic E-state index is 12.7. The SMILES string of the molecule is CS(=O)(=O)N1CCCN(C(=O)Cn2nccc2C2CCCNC2)CC1. The molecule has 0 spiro atoms. The molecular weight excluding hydrogens is 342 g/mol. The van der Waals surface area contributed by atoms with Crippen molar-refractivity contribution in [1.29, 1.82) is 0 Å². The van der Waals surface area contributed by atoms with E-state index >= 15 is 0 Å². The van der Waals surface area contributed by atoms with Crippen LogP contribution in [0.15, 0.2) is 12.3 Å². The van der Waals surface area contributed by atoms with Gasteiger partial charge in [-0.2, -0.15) is 5.10 Å². The third kappa shape index (κ3) is 4.59. The molecule has 0 saturated carbocycles. The molecule has 1 amide bonds. The molecule has 0 aromatic carbocycles. The van der Waals surface area contributed by atoms with Gasteiger partial charge in [0.25, 0.3) is 0 Å². The molecule has 140 valence electrons. The molecule has 0 bridgehead atoms. The molecule has 2 saturated heterocycles. The number of sulfonamides is 1. The van der Waals surface area contributed by atoms with E-state index in [4.69, 9.17) is 0 Å². The van der Waals surface area contributed by atoms with E-state index in [2.05, 4.69) is 10.4 Å². The number of hydrogen-bond acceptors (Lipinski definition) is 5. The van der Waals surface area contributed by atoms with Crippen LogP contribution in [0.1, 0.15) is 30.9 Å². The quantitative estimate of drug-likeness (QED) is 0.797. The number of hydrogen-bond donors (Lipinski definition) is 1. The largest absolute Gasteiger partial charge is 0.340 e. The molecule has 2 fully saturated rings. The third-order valence-corrected chi connectivity index (χ3v) is 6.33. The average molecular weight is 369 g/mol. The van der Waals surface area contributed by atoms with Crippen molar-refractivity contribution in [3.8, 4) is 0 Å². The topological polar surface area (TPSA) is 87.5 Å². The summed E-state index contributed by atoms with van der Waals surface area (Å²) < 4.78 is 26.6. The predicted molar refractivity (Wildman–Crippen MR) is 94.7 cm³/mol. The highest BCUT2D eigenvalue weighted by atomic mass is 32.2. The van der Waals surface area contributed by atoms with Crippen LogP contribution >= 0.6 is 0 Å². The van der Waals surface area contributed by atoms with Gasteiger partial charge >= 0.3 is 0 Å². The molecule has 2 aliphatic heterocycles. The van der Waals surface area contributed by atoms with Crippen molar-refractivity contribution >= 4 is 15.9 Å². The van der Waals surface area contributed by atoms with Gasteiger partial charge < -0.3 is 10.2 Å². The van der Waals surface area contributed by atoms with Gasteiger partial charge in [-0.3, -0.25) is 9.48 Å². The molecule has 3 rings (SSSR count). The van der Waals surface area contributed by atoms with E-state index in [1.165, 1.54) is 10.6 Å². The second-order valence-electron chi connectivity index (χ2n) is 6.85. The fourth-order valence-corrected chi connectivity index (χ4v) is 4.50. The Kier molecular flexibility index (Phi) is 5.75. The van der Waals surface area contributed by atoms with Gasteiger partial charge in [0, 0.05) is 50.5 Å². The van der Waals surface area contributed by atoms with E-state index in [-0.39, 0.29) is 12.5 Å². The van der Waals surface area contributed by atoms with Crippen molar-refractivity contribution in [1.82, 2.24) is 24.3 Å². The van der Waals surface area contributed by atoms with Gasteiger partial charge in [0.2, 0.25) is 15.9 Å². The van der Waals surface area contributed by atoms with Gasteiger partial charge in [-0.15, -0.1) is 0 Å². The molecule has 0 radical (unpaired) electrons. The van der Waals surface area contributed by atoms with E-state index in [9.17, 15) is 13.2 Å². The lowest BCUT2D eigenvalue weighted by Gasteiger charge is -2.25. The summed E-state index contributed by atoms with van der Waals surface area (Å²) in [5, 5.41) is 7.73. The smallest absolute Gasteiger partial charge is 0.244 e. The van der Waals surface area contributed by atoms with Crippen molar-refractivity contribution in [3.05, 3.63) is 18.0 Å². The Morgan fingerprint density at radius 2 is 2.12 bits per heavy atom. The Morgan fingerprint density at radius 1 is 1.28 bits per heavy atom. The number of carbonyl (C=O) groups excluding carboxylic acids is 1. The Labute approximate surface area is 149 Å². The highest BCUT2D eigenvalue weighted by molar-refractivity contribution is 7.88. The zero-order chi connectivity index (χ0) is 17.9. The molecule has 8 nitrogen and oxygen atoms in total. The zero-order valence-electron chi connectivity index (χ0n) is 14.7. The highest BCUT2D eigenvalue weighted by Crippen LogP contribution is 2.23. The average Bonchev–Trinajstić information content (AvgIpc) is 2.88. The van der Waals surface area contributed by atoms with Gasteiger partial charge in [-0.05, 0) is 31.9 Å². The number of nitrogens with one attached hydrogen (secondary N) is 1. The molecule has 2 aliphatic rings. The summed E-state index contributed by atoms with van der Waals surface area (Å²) >= 11 is 0. The van der Waals surface area contributed by atoms with Crippen molar-refractivity contribution in [2.24, 2.45) is 0 Å². The maximum Gasteiger partial charge on any atom is 0.244 e. The fourth-order valence-electron chi connectivity index (χ4n) is 3.63. The lowest BCUT2D eigenvalue weighted by Crippen LogP contribution is -2.39. The normalized spacial score (nSPS) is 23.4. The summed E-state index contributed by atoms with van der Waals surface area (Å²) in [7, 11) is -3.20. The third-order valence-electron chi connectivity index (χ3n) is 5.03. The number of aromatic nitrogens is 2. The zero-order valence-corrected chi connectivity index (χ0v) is 15.5. The molecule has 9 heteroatoms. The van der Waals surface area contributed by atoms with Crippen molar-refractivity contribution in [2.75, 3.05) is 45.5 Å². The number of carbonyl (C=O) groups is 1. The molecule has 1 aromatic rings. The lowest BCUT2D eigenvalue weighted by molar-refractivity contribution is -0.131. The summed E-state index contributed by atoms with van der Waals surface area (Å²) in [5.74, 6) is 0.401. The van der Waals surface area contributed by atoms with Crippen LogP contribution < -0.4 is 5.32 Å². The Bertz CT molecular complexity index is 696. The fraction of sp³-hybridized carbons (Fsp3) is 0.750. The summed E-state index contributed by atoms with van der Waals surface area (Å²) in [6.07, 6.45) is 5.89. The number of nitrogens with zero attached hydrogens (tertiary/aromatic N) is 4. The first-order valence-electron chi connectivity index (χ1n) is 8.90. The second-order valence-corrected chi connectivity index (χ2v) is 8.84. The van der Waals surface area contributed by atoms with E-state index in [0.29, 0.717) is 38.5 Å². The Morgan fingerprint density at radius 3 is 2.84 bits per heavy atom. The molecule has 1 atom stereocenters. The van der Waals surface area contributed by atoms with Gasteiger partial charge in [-0.25, -0.2) is 12.7 Å². The standard InChI is InChI=1S/C16H27N5O3S/c1-25(23,24)20-9-3-8-19(10-11-20)16(22)13-21-15(5-7-18-21)14-4-2-6-17-12-14/h5,7,14,17H,2-4,6,8-13H2,1H3. The van der Waals surface area contributed by atoms with Crippen molar-refractivity contribution in [3.63, 3.8) is 0 Å². The molecule has 3 heterocycles. The van der Waals surface area contributed by atoms with Crippen LogP contribution in [0.5, 0.6) is 0 Å². The molecule has 25 heavy (non-hydrogen) atoms. The minimum atomic E-state index is -3.20. The van der Waals surface area contributed by atoms with Crippen molar-refractivity contribution in [2.45, 2.75) is 31.7 Å². The van der Waals surface area contributed by atoms with Gasteiger partial charge in [0.15, 0.2) is 0 Å². The summed E-state index contributed by atoms with van der Waals surface area (Å²) in [6.45, 7) is 4.06. The summed E-state index contributed by atoms with van der Waals surface area (Å²) in [6, 6.07) is 2.00. The van der Waals surface area contributed by atoms with Gasteiger partial charge in [-0.1, -0.05) is 0 Å². The van der Waals surface area contributed by atoms with E-state index in [0.717, 1.165) is 31.6 Å². The molecule has 0 aliphatic carbocycles. The minimum Gasteiger partial charge on any atom is -0.340 e. The summed E-state index contributed by atoms with van der Waals surface area (Å²) in [4.78, 5) is 14.5. The predicted octanol–water partition coefficient (Wildman–Crippen LogP) is -0.156. The van der Waals surface area contributed by atoms with Gasteiger partial charge in [0.1, 0.15) is 6.54 Å². The van der Waals surface area contributed by atoms with Crippen molar-refractivity contribution < 1.29 is 13.2 Å². The minimum absolute atomic E-state index is 0.00377. The van der Waals surface area contributed by atoms with Crippen LogP contribution in [0.25, 0.3) is 0 Å². The second kappa shape index (κ2) is 7.84. The van der Waals surface area contributed by atoms with Crippen LogP contribution in [-0.2, 0) is 21.4 Å². The van der Waals surface area contributed by atoms with E-state index in [1.807, 2.05) is 6.07 Å². The van der Waals surface area contributed by atoms with Crippen LogP contribution in [0.2, 0.25) is 0 Å². The number of piperidine rings is 1. The van der Waals surface area contributed by atoms with E-state index < -0.39 is 10.0 Å². The first-order chi connectivity index (χ1) is 11.9. The van der Waals surface area contributed by atoms with Crippen LogP contribution in [-0.4, -0.2) is 78.8 Å². The molecule has 1 aromatic heterocycles. The first kappa shape index (κ1) is 18.3. The Balaban J connectivity index is 1.62. The summed E-state index contributed by atoms with van der Waals surface area (Å²) in [5.41, 5.74) is 1.10.